The van der Waals surface area contributed by atoms with Crippen LogP contribution in [-0.2, 0) is 4.79 Å². The summed E-state index contributed by atoms with van der Waals surface area (Å²) in [6, 6.07) is 3.97. The van der Waals surface area contributed by atoms with Crippen LogP contribution in [0.25, 0.3) is 15.9 Å². The lowest BCUT2D eigenvalue weighted by atomic mass is 10.1. The van der Waals surface area contributed by atoms with Gasteiger partial charge < -0.3 is 26.7 Å². The largest absolute Gasteiger partial charge is 0.398 e. The number of rotatable bonds is 7. The molecule has 3 rings (SSSR count). The predicted octanol–water partition coefficient (Wildman–Crippen LogP) is 3.49. The van der Waals surface area contributed by atoms with Crippen molar-refractivity contribution in [3.63, 3.8) is 0 Å². The molecule has 2 aromatic heterocycles. The fraction of sp³-hybridized carbons (Fsp3) is 0.450. The number of nitrogens with two attached hydrogens (primary N) is 1. The van der Waals surface area contributed by atoms with E-state index < -0.39 is 0 Å². The summed E-state index contributed by atoms with van der Waals surface area (Å²) in [7, 11) is 0. The number of likely N-dealkylation sites (tertiary alicyclic amines) is 1. The van der Waals surface area contributed by atoms with Gasteiger partial charge in [-0.2, -0.15) is 0 Å². The Morgan fingerprint density at radius 1 is 1.43 bits per heavy atom. The molecule has 0 atom stereocenters. The minimum atomic E-state index is -0.113. The number of aromatic nitrogens is 1. The number of hydrogen-bond acceptors (Lipinski definition) is 7. The van der Waals surface area contributed by atoms with Crippen LogP contribution in [0.15, 0.2) is 18.2 Å². The van der Waals surface area contributed by atoms with Crippen LogP contribution in [-0.4, -0.2) is 47.2 Å². The van der Waals surface area contributed by atoms with Crippen LogP contribution in [0.5, 0.6) is 0 Å². The van der Waals surface area contributed by atoms with Crippen molar-refractivity contribution in [3.8, 4) is 0 Å². The highest BCUT2D eigenvalue weighted by Crippen LogP contribution is 2.35. The first kappa shape index (κ1) is 20.1. The van der Waals surface area contributed by atoms with Crippen molar-refractivity contribution >= 4 is 50.9 Å². The van der Waals surface area contributed by atoms with E-state index in [0.29, 0.717) is 25.2 Å². The minimum absolute atomic E-state index is 0.113. The normalized spacial score (nSPS) is 15.3. The molecule has 0 aliphatic carbocycles. The van der Waals surface area contributed by atoms with Crippen LogP contribution in [0.1, 0.15) is 38.5 Å². The Labute approximate surface area is 169 Å². The second-order valence-corrected chi connectivity index (χ2v) is 9.01. The number of pyridine rings is 1. The number of hydrogen-bond donors (Lipinski definition) is 4. The summed E-state index contributed by atoms with van der Waals surface area (Å²) >= 11 is 1.55. The van der Waals surface area contributed by atoms with Gasteiger partial charge in [-0.1, -0.05) is 0 Å². The van der Waals surface area contributed by atoms with Gasteiger partial charge in [-0.15, -0.1) is 11.3 Å². The molecule has 150 valence electrons. The van der Waals surface area contributed by atoms with Gasteiger partial charge in [0.05, 0.1) is 26.5 Å². The standard InChI is InChI=1S/C20H28N6OS/c1-20(2,3)25-17-12-14(23-8-10-26-9-4-5-18(26)27)19-15(24-17)11-16(28-19)13(22)6-7-21/h6-7,11-12,21H,4-5,8-10,22H2,1-3H3,(H2,23,24,25)/b13-6-,21-7?. The van der Waals surface area contributed by atoms with E-state index in [-0.39, 0.29) is 11.4 Å². The van der Waals surface area contributed by atoms with E-state index in [1.54, 1.807) is 17.4 Å². The molecular weight excluding hydrogens is 372 g/mol. The highest BCUT2D eigenvalue weighted by atomic mass is 32.1. The molecule has 0 saturated carbocycles. The number of nitrogens with one attached hydrogen (secondary N) is 3. The molecule has 3 heterocycles. The van der Waals surface area contributed by atoms with Gasteiger partial charge in [-0.25, -0.2) is 4.98 Å². The third-order valence-corrected chi connectivity index (χ3v) is 5.60. The molecule has 1 saturated heterocycles. The molecular formula is C20H28N6OS. The Kier molecular flexibility index (Phi) is 5.88. The first-order valence-corrected chi connectivity index (χ1v) is 10.3. The van der Waals surface area contributed by atoms with Crippen molar-refractivity contribution in [2.45, 2.75) is 39.2 Å². The number of nitrogens with zero attached hydrogens (tertiary/aromatic N) is 2. The maximum atomic E-state index is 11.8. The molecule has 0 aromatic carbocycles. The monoisotopic (exact) mass is 400 g/mol. The van der Waals surface area contributed by atoms with Gasteiger partial charge >= 0.3 is 0 Å². The molecule has 2 aromatic rings. The molecule has 0 spiro atoms. The number of thiophene rings is 1. The van der Waals surface area contributed by atoms with Gasteiger partial charge in [0.2, 0.25) is 5.91 Å². The van der Waals surface area contributed by atoms with Crippen molar-refractivity contribution in [1.82, 2.24) is 9.88 Å². The molecule has 7 nitrogen and oxygen atoms in total. The zero-order valence-electron chi connectivity index (χ0n) is 16.6. The smallest absolute Gasteiger partial charge is 0.222 e. The maximum absolute atomic E-state index is 11.8. The zero-order valence-corrected chi connectivity index (χ0v) is 17.4. The van der Waals surface area contributed by atoms with Crippen LogP contribution in [0, 0.1) is 5.41 Å². The molecule has 1 aliphatic heterocycles. The van der Waals surface area contributed by atoms with Gasteiger partial charge in [0.15, 0.2) is 0 Å². The van der Waals surface area contributed by atoms with Crippen LogP contribution in [0.4, 0.5) is 11.5 Å². The molecule has 28 heavy (non-hydrogen) atoms. The van der Waals surface area contributed by atoms with Gasteiger partial charge in [0, 0.05) is 43.9 Å². The molecule has 1 aliphatic rings. The molecule has 1 fully saturated rings. The predicted molar refractivity (Wildman–Crippen MR) is 118 cm³/mol. The average molecular weight is 401 g/mol. The number of anilines is 2. The third-order valence-electron chi connectivity index (χ3n) is 4.40. The van der Waals surface area contributed by atoms with Gasteiger partial charge in [0.1, 0.15) is 5.82 Å². The Morgan fingerprint density at radius 2 is 2.21 bits per heavy atom. The summed E-state index contributed by atoms with van der Waals surface area (Å²) in [5.74, 6) is 1.03. The number of amides is 1. The average Bonchev–Trinajstić information content (AvgIpc) is 3.20. The van der Waals surface area contributed by atoms with E-state index in [4.69, 9.17) is 16.1 Å². The summed E-state index contributed by atoms with van der Waals surface area (Å²) in [5.41, 5.74) is 8.34. The molecule has 8 heteroatoms. The van der Waals surface area contributed by atoms with Crippen molar-refractivity contribution in [3.05, 3.63) is 23.1 Å². The second-order valence-electron chi connectivity index (χ2n) is 7.95. The summed E-state index contributed by atoms with van der Waals surface area (Å²) in [5, 5.41) is 14.1. The summed E-state index contributed by atoms with van der Waals surface area (Å²) < 4.78 is 1.02. The fourth-order valence-corrected chi connectivity index (χ4v) is 4.21. The Morgan fingerprint density at radius 3 is 2.86 bits per heavy atom. The molecule has 0 unspecified atom stereocenters. The number of fused-ring (bicyclic) bond motifs is 1. The van der Waals surface area contributed by atoms with E-state index >= 15 is 0 Å². The van der Waals surface area contributed by atoms with E-state index in [0.717, 1.165) is 39.6 Å². The zero-order chi connectivity index (χ0) is 20.3. The highest BCUT2D eigenvalue weighted by molar-refractivity contribution is 7.20. The Bertz CT molecular complexity index is 911. The van der Waals surface area contributed by atoms with Crippen molar-refractivity contribution in [1.29, 1.82) is 5.41 Å². The van der Waals surface area contributed by atoms with Crippen molar-refractivity contribution in [2.24, 2.45) is 5.73 Å². The van der Waals surface area contributed by atoms with Crippen LogP contribution in [0.2, 0.25) is 0 Å². The fourth-order valence-electron chi connectivity index (χ4n) is 3.18. The maximum Gasteiger partial charge on any atom is 0.222 e. The van der Waals surface area contributed by atoms with E-state index in [1.807, 2.05) is 17.0 Å². The quantitative estimate of drug-likeness (QED) is 0.532. The molecule has 1 amide bonds. The lowest BCUT2D eigenvalue weighted by molar-refractivity contribution is -0.127. The van der Waals surface area contributed by atoms with Gasteiger partial charge in [0.25, 0.3) is 0 Å². The Balaban J connectivity index is 1.88. The van der Waals surface area contributed by atoms with Crippen LogP contribution in [0.3, 0.4) is 0 Å². The van der Waals surface area contributed by atoms with Crippen molar-refractivity contribution < 1.29 is 4.79 Å². The summed E-state index contributed by atoms with van der Waals surface area (Å²) in [4.78, 5) is 19.4. The topological polar surface area (TPSA) is 107 Å². The lowest BCUT2D eigenvalue weighted by Crippen LogP contribution is -2.30. The lowest BCUT2D eigenvalue weighted by Gasteiger charge is -2.22. The van der Waals surface area contributed by atoms with Crippen LogP contribution < -0.4 is 16.4 Å². The van der Waals surface area contributed by atoms with E-state index in [9.17, 15) is 4.79 Å². The second kappa shape index (κ2) is 8.18. The van der Waals surface area contributed by atoms with E-state index in [1.165, 1.54) is 6.21 Å². The third kappa shape index (κ3) is 4.81. The Hall–Kier alpha value is -2.61. The van der Waals surface area contributed by atoms with Crippen molar-refractivity contribution in [2.75, 3.05) is 30.3 Å². The molecule has 5 N–H and O–H groups in total. The van der Waals surface area contributed by atoms with Crippen LogP contribution >= 0.6 is 11.3 Å². The first-order chi connectivity index (χ1) is 13.3. The SMILES string of the molecule is CC(C)(C)Nc1cc(NCCN2CCCC2=O)c2sc(/C(N)=C/C=N)cc2n1. The first-order valence-electron chi connectivity index (χ1n) is 9.48. The van der Waals surface area contributed by atoms with E-state index in [2.05, 4.69) is 31.4 Å². The minimum Gasteiger partial charge on any atom is -0.398 e. The number of carbonyl (C=O) groups excluding carboxylic acids is 1. The summed E-state index contributed by atoms with van der Waals surface area (Å²) in [6.07, 6.45) is 4.37. The van der Waals surface area contributed by atoms with Gasteiger partial charge in [-0.05, 0) is 39.3 Å². The number of allylic oxidation sites excluding steroid dienone is 1. The summed E-state index contributed by atoms with van der Waals surface area (Å²) in [6.45, 7) is 8.49. The highest BCUT2D eigenvalue weighted by Gasteiger charge is 2.20. The molecule has 0 bridgehead atoms. The van der Waals surface area contributed by atoms with Gasteiger partial charge in [-0.3, -0.25) is 4.79 Å². The number of carbonyl (C=O) groups is 1. The molecule has 0 radical (unpaired) electrons.